The maximum atomic E-state index is 12.7. The van der Waals surface area contributed by atoms with Gasteiger partial charge >= 0.3 is 17.0 Å². The molecule has 1 saturated carbocycles. The van der Waals surface area contributed by atoms with E-state index in [9.17, 15) is 53.1 Å². The van der Waals surface area contributed by atoms with Gasteiger partial charge in [-0.05, 0) is 32.6 Å². The first-order chi connectivity index (χ1) is 12.4. The predicted octanol–water partition coefficient (Wildman–Crippen LogP) is 2.22. The standard InChI is InChI=1S/C13H17F6O7S2/c1-7(26-11(21)8-2-4-9(20)5-3-8)6-10(27(22,23)12(14,15)16)28(24,25)13(17,18)19/h7-9,20H,2-6H2,1H3/q-1. The molecule has 0 aliphatic heterocycles. The molecule has 0 bridgehead atoms. The van der Waals surface area contributed by atoms with Crippen LogP contribution >= 0.6 is 0 Å². The Balaban J connectivity index is 3.06. The average molecular weight is 463 g/mol. The molecule has 0 aromatic carbocycles. The molecular formula is C13H17F6O7S2-. The fourth-order valence-corrected chi connectivity index (χ4v) is 5.65. The van der Waals surface area contributed by atoms with Gasteiger partial charge in [0.25, 0.3) is 0 Å². The zero-order valence-corrected chi connectivity index (χ0v) is 15.9. The molecule has 0 amide bonds. The molecule has 1 N–H and O–H groups in total. The third kappa shape index (κ3) is 5.49. The van der Waals surface area contributed by atoms with E-state index in [0.29, 0.717) is 0 Å². The van der Waals surface area contributed by atoms with Gasteiger partial charge in [-0.1, -0.05) is 4.58 Å². The summed E-state index contributed by atoms with van der Waals surface area (Å²) in [4.78, 5) is 11.9. The van der Waals surface area contributed by atoms with E-state index >= 15 is 0 Å². The van der Waals surface area contributed by atoms with Crippen LogP contribution < -0.4 is 0 Å². The van der Waals surface area contributed by atoms with Gasteiger partial charge < -0.3 is 9.84 Å². The third-order valence-corrected chi connectivity index (χ3v) is 8.08. The van der Waals surface area contributed by atoms with Gasteiger partial charge in [0.1, 0.15) is 19.7 Å². The van der Waals surface area contributed by atoms with Gasteiger partial charge in [-0.2, -0.15) is 26.3 Å². The van der Waals surface area contributed by atoms with Crippen LogP contribution in [0.1, 0.15) is 39.0 Å². The molecule has 0 heterocycles. The summed E-state index contributed by atoms with van der Waals surface area (Å²) >= 11 is 0. The molecule has 1 aliphatic carbocycles. The van der Waals surface area contributed by atoms with Crippen LogP contribution in [0.4, 0.5) is 26.3 Å². The Morgan fingerprint density at radius 1 is 1.00 bits per heavy atom. The number of hydrogen-bond donors (Lipinski definition) is 1. The third-order valence-electron chi connectivity index (χ3n) is 4.01. The minimum Gasteiger partial charge on any atom is -0.465 e. The van der Waals surface area contributed by atoms with Gasteiger partial charge in [-0.15, -0.1) is 6.42 Å². The van der Waals surface area contributed by atoms with E-state index in [1.165, 1.54) is 0 Å². The highest BCUT2D eigenvalue weighted by molar-refractivity contribution is 8.13. The molecule has 0 aromatic rings. The van der Waals surface area contributed by atoms with Gasteiger partial charge in [0.15, 0.2) is 0 Å². The minimum absolute atomic E-state index is 0.144. The van der Waals surface area contributed by atoms with Crippen LogP contribution in [-0.2, 0) is 29.2 Å². The average Bonchev–Trinajstić information content (AvgIpc) is 2.50. The summed E-state index contributed by atoms with van der Waals surface area (Å²) in [6.07, 6.45) is -3.66. The van der Waals surface area contributed by atoms with Crippen LogP contribution in [0, 0.1) is 10.5 Å². The topological polar surface area (TPSA) is 115 Å². The monoisotopic (exact) mass is 463 g/mol. The zero-order chi connectivity index (χ0) is 22.1. The van der Waals surface area contributed by atoms with Crippen molar-refractivity contribution in [3.05, 3.63) is 4.58 Å². The molecule has 1 atom stereocenters. The van der Waals surface area contributed by atoms with Crippen LogP contribution in [-0.4, -0.2) is 51.1 Å². The number of aliphatic hydroxyl groups is 1. The van der Waals surface area contributed by atoms with Crippen LogP contribution in [0.3, 0.4) is 0 Å². The van der Waals surface area contributed by atoms with Crippen LogP contribution in [0.2, 0.25) is 0 Å². The van der Waals surface area contributed by atoms with Crippen LogP contribution in [0.25, 0.3) is 0 Å². The molecule has 0 aromatic heterocycles. The van der Waals surface area contributed by atoms with Crippen molar-refractivity contribution in [3.63, 3.8) is 0 Å². The quantitative estimate of drug-likeness (QED) is 0.365. The predicted molar refractivity (Wildman–Crippen MR) is 81.3 cm³/mol. The van der Waals surface area contributed by atoms with Crippen molar-refractivity contribution in [2.24, 2.45) is 5.92 Å². The maximum absolute atomic E-state index is 12.7. The van der Waals surface area contributed by atoms with Crippen LogP contribution in [0.5, 0.6) is 0 Å². The Kier molecular flexibility index (Phi) is 7.43. The highest BCUT2D eigenvalue weighted by Crippen LogP contribution is 2.43. The number of carbonyl (C=O) groups excluding carboxylic acids is 1. The van der Waals surface area contributed by atoms with Crippen molar-refractivity contribution in [2.75, 3.05) is 0 Å². The smallest absolute Gasteiger partial charge is 0.465 e. The molecule has 0 spiro atoms. The van der Waals surface area contributed by atoms with E-state index in [0.717, 1.165) is 6.92 Å². The lowest BCUT2D eigenvalue weighted by Crippen LogP contribution is -2.41. The summed E-state index contributed by atoms with van der Waals surface area (Å²) in [6, 6.07) is 0. The molecule has 15 heteroatoms. The molecule has 7 nitrogen and oxygen atoms in total. The number of hydrogen-bond acceptors (Lipinski definition) is 7. The normalized spacial score (nSPS) is 23.5. The van der Waals surface area contributed by atoms with Gasteiger partial charge in [0.2, 0.25) is 0 Å². The fraction of sp³-hybridized carbons (Fsp3) is 0.846. The van der Waals surface area contributed by atoms with Crippen molar-refractivity contribution in [2.45, 2.75) is 62.3 Å². The van der Waals surface area contributed by atoms with Crippen molar-refractivity contribution in [1.82, 2.24) is 0 Å². The summed E-state index contributed by atoms with van der Waals surface area (Å²) in [5.41, 5.74) is -12.6. The number of sulfone groups is 2. The largest absolute Gasteiger partial charge is 0.469 e. The molecule has 1 unspecified atom stereocenters. The number of carbonyl (C=O) groups is 1. The number of aliphatic hydroxyl groups excluding tert-OH is 1. The molecule has 28 heavy (non-hydrogen) atoms. The lowest BCUT2D eigenvalue weighted by molar-refractivity contribution is -0.155. The first-order valence-corrected chi connectivity index (χ1v) is 10.7. The molecule has 1 aliphatic rings. The molecule has 1 rings (SSSR count). The Hall–Kier alpha value is -1.09. The summed E-state index contributed by atoms with van der Waals surface area (Å²) in [5, 5.41) is 9.34. The molecule has 0 saturated heterocycles. The first-order valence-electron chi connectivity index (χ1n) is 7.78. The van der Waals surface area contributed by atoms with Crippen molar-refractivity contribution in [1.29, 1.82) is 0 Å². The summed E-state index contributed by atoms with van der Waals surface area (Å²) in [7, 11) is -13.7. The second kappa shape index (κ2) is 8.34. The second-order valence-corrected chi connectivity index (χ2v) is 10.4. The SMILES string of the molecule is CC(C[C-](S(=O)(=O)C(F)(F)F)S(=O)(=O)C(F)(F)F)OC(=O)C1CCC(O)CC1. The Bertz CT molecular complexity index is 720. The van der Waals surface area contributed by atoms with E-state index in [1.54, 1.807) is 0 Å². The van der Waals surface area contributed by atoms with E-state index in [1.807, 2.05) is 0 Å². The van der Waals surface area contributed by atoms with Crippen LogP contribution in [0.15, 0.2) is 0 Å². The van der Waals surface area contributed by atoms with E-state index in [-0.39, 0.29) is 25.7 Å². The lowest BCUT2D eigenvalue weighted by Gasteiger charge is -2.34. The first kappa shape index (κ1) is 24.9. The number of ether oxygens (including phenoxy) is 1. The molecule has 166 valence electrons. The summed E-state index contributed by atoms with van der Waals surface area (Å²) in [5.74, 6) is -1.83. The molecule has 0 radical (unpaired) electrons. The van der Waals surface area contributed by atoms with E-state index < -0.39 is 65.8 Å². The summed E-state index contributed by atoms with van der Waals surface area (Å²) < 4.78 is 123. The van der Waals surface area contributed by atoms with E-state index in [4.69, 9.17) is 0 Å². The van der Waals surface area contributed by atoms with Gasteiger partial charge in [0.05, 0.1) is 18.1 Å². The van der Waals surface area contributed by atoms with Gasteiger partial charge in [0, 0.05) is 0 Å². The zero-order valence-electron chi connectivity index (χ0n) is 14.2. The Morgan fingerprint density at radius 3 is 1.75 bits per heavy atom. The van der Waals surface area contributed by atoms with E-state index in [2.05, 4.69) is 4.74 Å². The molecular weight excluding hydrogens is 446 g/mol. The van der Waals surface area contributed by atoms with Crippen molar-refractivity contribution >= 4 is 25.6 Å². The Labute approximate surface area is 156 Å². The number of halogens is 6. The van der Waals surface area contributed by atoms with Gasteiger partial charge in [-0.3, -0.25) is 21.6 Å². The van der Waals surface area contributed by atoms with Crippen molar-refractivity contribution < 1.29 is 57.8 Å². The molecule has 1 fully saturated rings. The maximum Gasteiger partial charge on any atom is 0.469 e. The van der Waals surface area contributed by atoms with Gasteiger partial charge in [-0.25, -0.2) is 0 Å². The summed E-state index contributed by atoms with van der Waals surface area (Å²) in [6.45, 7) is 0.771. The Morgan fingerprint density at radius 2 is 1.39 bits per heavy atom. The fourth-order valence-electron chi connectivity index (χ4n) is 2.50. The number of rotatable bonds is 6. The minimum atomic E-state index is -6.86. The lowest BCUT2D eigenvalue weighted by atomic mass is 9.87. The number of esters is 1. The highest BCUT2D eigenvalue weighted by atomic mass is 32.3. The highest BCUT2D eigenvalue weighted by Gasteiger charge is 2.54. The second-order valence-electron chi connectivity index (χ2n) is 6.23. The number of alkyl halides is 6. The van der Waals surface area contributed by atoms with Crippen molar-refractivity contribution in [3.8, 4) is 0 Å².